The molecule has 2 N–H and O–H groups in total. The summed E-state index contributed by atoms with van der Waals surface area (Å²) in [6.45, 7) is 5.12. The molecule has 45 heavy (non-hydrogen) atoms. The lowest BCUT2D eigenvalue weighted by Crippen LogP contribution is -2.43. The highest BCUT2D eigenvalue weighted by Crippen LogP contribution is 2.41. The Morgan fingerprint density at radius 2 is 1.73 bits per heavy atom. The number of nitrogens with one attached hydrogen (secondary N) is 1. The van der Waals surface area contributed by atoms with Crippen LogP contribution in [-0.4, -0.2) is 67.7 Å². The third-order valence-electron chi connectivity index (χ3n) is 9.49. The van der Waals surface area contributed by atoms with Crippen molar-refractivity contribution >= 4 is 21.8 Å². The highest BCUT2D eigenvalue weighted by atomic mass is 16.3. The van der Waals surface area contributed by atoms with Crippen LogP contribution >= 0.6 is 0 Å². The third-order valence-corrected chi connectivity index (χ3v) is 9.49. The van der Waals surface area contributed by atoms with Crippen LogP contribution < -0.4 is 5.56 Å². The van der Waals surface area contributed by atoms with Crippen LogP contribution in [0.1, 0.15) is 35.4 Å². The standard InChI is InChI=1S/C37H36N6O2/c1-41-15-17-42(18-16-41)21-24-5-7-26(8-6-24)33-20-31-35(38-23-39-36(31)40-33)30-3-2-4-34(32(30)22-44)43-14-13-28-19-27(25-9-10-25)11-12-29(28)37(43)45/h2-8,11-14,19-20,23,25,44H,9-10,15-18,21-22H2,1H3,(H,38,39,40). The largest absolute Gasteiger partial charge is 0.392 e. The Balaban J connectivity index is 1.13. The fourth-order valence-corrected chi connectivity index (χ4v) is 6.68. The zero-order valence-corrected chi connectivity index (χ0v) is 25.4. The lowest BCUT2D eigenvalue weighted by Gasteiger charge is -2.32. The minimum absolute atomic E-state index is 0.102. The fraction of sp³-hybridized carbons (Fsp3) is 0.270. The molecule has 3 aromatic heterocycles. The van der Waals surface area contributed by atoms with Crippen LogP contribution in [0.3, 0.4) is 0 Å². The van der Waals surface area contributed by atoms with Gasteiger partial charge in [-0.3, -0.25) is 14.3 Å². The van der Waals surface area contributed by atoms with Crippen LogP contribution in [0.2, 0.25) is 0 Å². The summed E-state index contributed by atoms with van der Waals surface area (Å²) in [5.74, 6) is 0.625. The van der Waals surface area contributed by atoms with Gasteiger partial charge in [-0.25, -0.2) is 9.97 Å². The molecule has 8 rings (SSSR count). The van der Waals surface area contributed by atoms with Crippen molar-refractivity contribution < 1.29 is 5.11 Å². The second-order valence-corrected chi connectivity index (χ2v) is 12.5. The van der Waals surface area contributed by atoms with Crippen molar-refractivity contribution in [3.63, 3.8) is 0 Å². The van der Waals surface area contributed by atoms with Crippen molar-refractivity contribution in [2.75, 3.05) is 33.2 Å². The maximum absolute atomic E-state index is 13.7. The molecule has 2 fully saturated rings. The first-order valence-corrected chi connectivity index (χ1v) is 15.8. The van der Waals surface area contributed by atoms with E-state index >= 15 is 0 Å². The maximum Gasteiger partial charge on any atom is 0.262 e. The Morgan fingerprint density at radius 1 is 0.911 bits per heavy atom. The number of hydrogen-bond acceptors (Lipinski definition) is 6. The van der Waals surface area contributed by atoms with Gasteiger partial charge in [-0.15, -0.1) is 0 Å². The van der Waals surface area contributed by atoms with Crippen molar-refractivity contribution in [3.8, 4) is 28.2 Å². The number of likely N-dealkylation sites (N-methyl/N-ethyl adjacent to an activating group) is 1. The first-order chi connectivity index (χ1) is 22.1. The second kappa shape index (κ2) is 11.4. The number of H-pyrrole nitrogens is 1. The average molecular weight is 597 g/mol. The zero-order valence-electron chi connectivity index (χ0n) is 25.4. The number of aliphatic hydroxyl groups excluding tert-OH is 1. The van der Waals surface area contributed by atoms with Crippen LogP contribution in [0, 0.1) is 0 Å². The summed E-state index contributed by atoms with van der Waals surface area (Å²) >= 11 is 0. The molecule has 1 saturated heterocycles. The maximum atomic E-state index is 13.7. The van der Waals surface area contributed by atoms with Crippen molar-refractivity contribution in [2.45, 2.75) is 31.9 Å². The highest BCUT2D eigenvalue weighted by Gasteiger charge is 2.24. The quantitative estimate of drug-likeness (QED) is 0.245. The minimum atomic E-state index is -0.242. The Labute approximate surface area is 261 Å². The molecule has 0 atom stereocenters. The van der Waals surface area contributed by atoms with Gasteiger partial charge in [0.05, 0.1) is 18.0 Å². The number of piperazine rings is 1. The van der Waals surface area contributed by atoms with Gasteiger partial charge in [-0.05, 0) is 72.1 Å². The molecule has 0 unspecified atom stereocenters. The molecule has 0 spiro atoms. The van der Waals surface area contributed by atoms with Crippen LogP contribution in [0.25, 0.3) is 50.0 Å². The predicted molar refractivity (Wildman–Crippen MR) is 179 cm³/mol. The Bertz CT molecular complexity index is 2090. The second-order valence-electron chi connectivity index (χ2n) is 12.5. The van der Waals surface area contributed by atoms with Crippen molar-refractivity contribution in [1.29, 1.82) is 0 Å². The van der Waals surface area contributed by atoms with E-state index in [4.69, 9.17) is 0 Å². The molecule has 8 nitrogen and oxygen atoms in total. The van der Waals surface area contributed by atoms with Gasteiger partial charge in [0.2, 0.25) is 0 Å². The topological polar surface area (TPSA) is 90.3 Å². The van der Waals surface area contributed by atoms with E-state index in [2.05, 4.69) is 74.3 Å². The first-order valence-electron chi connectivity index (χ1n) is 15.8. The molecule has 1 aliphatic heterocycles. The summed E-state index contributed by atoms with van der Waals surface area (Å²) in [5.41, 5.74) is 8.02. The van der Waals surface area contributed by atoms with Crippen LogP contribution in [-0.2, 0) is 13.2 Å². The smallest absolute Gasteiger partial charge is 0.262 e. The lowest BCUT2D eigenvalue weighted by molar-refractivity contribution is 0.148. The fourth-order valence-electron chi connectivity index (χ4n) is 6.68. The number of hydrogen-bond donors (Lipinski definition) is 2. The van der Waals surface area contributed by atoms with Gasteiger partial charge in [0.25, 0.3) is 5.56 Å². The van der Waals surface area contributed by atoms with E-state index in [-0.39, 0.29) is 12.2 Å². The number of aromatic nitrogens is 4. The molecule has 1 aliphatic carbocycles. The van der Waals surface area contributed by atoms with Gasteiger partial charge in [0.1, 0.15) is 12.0 Å². The van der Waals surface area contributed by atoms with E-state index in [0.29, 0.717) is 28.2 Å². The average Bonchev–Trinajstić information content (AvgIpc) is 3.83. The summed E-state index contributed by atoms with van der Waals surface area (Å²) in [6.07, 6.45) is 5.80. The lowest BCUT2D eigenvalue weighted by atomic mass is 10.00. The number of fused-ring (bicyclic) bond motifs is 2. The molecule has 0 bridgehead atoms. The molecule has 1 saturated carbocycles. The van der Waals surface area contributed by atoms with E-state index in [9.17, 15) is 9.90 Å². The molecule has 0 amide bonds. The molecule has 3 aromatic carbocycles. The molecule has 4 heterocycles. The molecule has 6 aromatic rings. The van der Waals surface area contributed by atoms with Gasteiger partial charge in [0, 0.05) is 66.5 Å². The summed E-state index contributed by atoms with van der Waals surface area (Å²) in [6, 6.07) is 24.7. The number of rotatable bonds is 7. The van der Waals surface area contributed by atoms with Gasteiger partial charge in [0.15, 0.2) is 0 Å². The summed E-state index contributed by atoms with van der Waals surface area (Å²) in [5, 5.41) is 13.2. The van der Waals surface area contributed by atoms with E-state index in [0.717, 1.165) is 66.0 Å². The Morgan fingerprint density at radius 3 is 2.51 bits per heavy atom. The first kappa shape index (κ1) is 27.9. The summed E-state index contributed by atoms with van der Waals surface area (Å²) < 4.78 is 1.64. The van der Waals surface area contributed by atoms with Gasteiger partial charge in [-0.2, -0.15) is 0 Å². The molecule has 8 heteroatoms. The van der Waals surface area contributed by atoms with E-state index in [1.54, 1.807) is 10.9 Å². The number of pyridine rings is 1. The molecule has 226 valence electrons. The number of nitrogens with zero attached hydrogens (tertiary/aromatic N) is 5. The van der Waals surface area contributed by atoms with Gasteiger partial charge in [-0.1, -0.05) is 48.5 Å². The van der Waals surface area contributed by atoms with E-state index in [1.807, 2.05) is 36.5 Å². The number of benzene rings is 3. The summed E-state index contributed by atoms with van der Waals surface area (Å²) in [4.78, 5) is 31.3. The van der Waals surface area contributed by atoms with Crippen molar-refractivity contribution in [2.24, 2.45) is 0 Å². The van der Waals surface area contributed by atoms with Crippen LogP contribution in [0.4, 0.5) is 0 Å². The molecule has 0 radical (unpaired) electrons. The van der Waals surface area contributed by atoms with Gasteiger partial charge >= 0.3 is 0 Å². The Hall–Kier alpha value is -4.63. The van der Waals surface area contributed by atoms with Crippen LogP contribution in [0.5, 0.6) is 0 Å². The predicted octanol–water partition coefficient (Wildman–Crippen LogP) is 5.71. The third kappa shape index (κ3) is 5.25. The monoisotopic (exact) mass is 596 g/mol. The van der Waals surface area contributed by atoms with Crippen molar-refractivity contribution in [3.05, 3.63) is 112 Å². The van der Waals surface area contributed by atoms with E-state index in [1.165, 1.54) is 24.0 Å². The van der Waals surface area contributed by atoms with Gasteiger partial charge < -0.3 is 15.0 Å². The number of aromatic amines is 1. The minimum Gasteiger partial charge on any atom is -0.392 e. The van der Waals surface area contributed by atoms with Crippen molar-refractivity contribution in [1.82, 2.24) is 29.3 Å². The highest BCUT2D eigenvalue weighted by molar-refractivity contribution is 5.95. The molecular weight excluding hydrogens is 560 g/mol. The summed E-state index contributed by atoms with van der Waals surface area (Å²) in [7, 11) is 2.18. The Kier molecular flexibility index (Phi) is 7.05. The normalized spacial score (nSPS) is 16.1. The zero-order chi connectivity index (χ0) is 30.5. The molecule has 2 aliphatic rings. The van der Waals surface area contributed by atoms with Crippen LogP contribution in [0.15, 0.2) is 90.1 Å². The van der Waals surface area contributed by atoms with E-state index < -0.39 is 0 Å². The molecular formula is C37H36N6O2. The SMILES string of the molecule is CN1CCN(Cc2ccc(-c3cc4c(-c5cccc(-n6ccc7cc(C8CC8)ccc7c6=O)c5CO)ncnc4[nH]3)cc2)CC1. The number of aliphatic hydroxyl groups is 1.